The molecule has 2 aliphatic rings. The molecule has 2 N–H and O–H groups in total. The van der Waals surface area contributed by atoms with Crippen LogP contribution in [0.3, 0.4) is 0 Å². The Kier molecular flexibility index (Phi) is 7.66. The highest BCUT2D eigenvalue weighted by atomic mass is 19.1. The molecule has 2 aromatic carbocycles. The van der Waals surface area contributed by atoms with Gasteiger partial charge in [0.25, 0.3) is 0 Å². The van der Waals surface area contributed by atoms with Crippen molar-refractivity contribution >= 4 is 28.1 Å². The number of rotatable bonds is 5. The van der Waals surface area contributed by atoms with E-state index < -0.39 is 5.82 Å². The van der Waals surface area contributed by atoms with Crippen LogP contribution < -0.4 is 15.0 Å². The Bertz CT molecular complexity index is 1510. The molecule has 1 saturated heterocycles. The summed E-state index contributed by atoms with van der Waals surface area (Å²) in [6, 6.07) is 12.1. The minimum absolute atomic E-state index is 0.0265. The van der Waals surface area contributed by atoms with Crippen LogP contribution in [0, 0.1) is 35.8 Å². The van der Waals surface area contributed by atoms with Gasteiger partial charge in [0.15, 0.2) is 17.4 Å². The molecule has 39 heavy (non-hydrogen) atoms. The maximum absolute atomic E-state index is 15.3. The zero-order valence-corrected chi connectivity index (χ0v) is 22.4. The van der Waals surface area contributed by atoms with Gasteiger partial charge in [-0.05, 0) is 56.3 Å². The predicted octanol–water partition coefficient (Wildman–Crippen LogP) is 6.12. The van der Waals surface area contributed by atoms with Gasteiger partial charge in [0.05, 0.1) is 5.69 Å². The van der Waals surface area contributed by atoms with Gasteiger partial charge in [0.2, 0.25) is 0 Å². The normalized spacial score (nSPS) is 19.3. The van der Waals surface area contributed by atoms with Crippen molar-refractivity contribution in [3.63, 3.8) is 0 Å². The fourth-order valence-corrected chi connectivity index (χ4v) is 5.05. The molecule has 0 bridgehead atoms. The molecule has 0 aliphatic carbocycles. The molecule has 9 heteroatoms. The molecule has 0 spiro atoms. The average molecular weight is 531 g/mol. The van der Waals surface area contributed by atoms with Gasteiger partial charge >= 0.3 is 0 Å². The van der Waals surface area contributed by atoms with Crippen molar-refractivity contribution in [1.29, 1.82) is 5.26 Å². The van der Waals surface area contributed by atoms with Gasteiger partial charge in [-0.2, -0.15) is 5.26 Å². The van der Waals surface area contributed by atoms with Crippen molar-refractivity contribution in [3.05, 3.63) is 77.3 Å². The van der Waals surface area contributed by atoms with Crippen molar-refractivity contribution in [2.24, 2.45) is 10.9 Å². The minimum Gasteiger partial charge on any atom is -0.457 e. The van der Waals surface area contributed by atoms with E-state index in [0.29, 0.717) is 34.5 Å². The van der Waals surface area contributed by atoms with Crippen LogP contribution in [0.4, 0.5) is 20.2 Å². The van der Waals surface area contributed by atoms with Crippen molar-refractivity contribution < 1.29 is 13.5 Å². The van der Waals surface area contributed by atoms with E-state index in [9.17, 15) is 5.26 Å². The van der Waals surface area contributed by atoms with Crippen molar-refractivity contribution in [2.45, 2.75) is 27.2 Å². The average Bonchev–Trinajstić information content (AvgIpc) is 3.32. The summed E-state index contributed by atoms with van der Waals surface area (Å²) in [7, 11) is 0. The second-order valence-electron chi connectivity index (χ2n) is 9.96. The maximum Gasteiger partial charge on any atom is 0.175 e. The monoisotopic (exact) mass is 530 g/mol. The van der Waals surface area contributed by atoms with Crippen LogP contribution in [0.2, 0.25) is 0 Å². The summed E-state index contributed by atoms with van der Waals surface area (Å²) in [5, 5.41) is 13.7. The number of aliphatic imine (C=N–C) groups is 1. The van der Waals surface area contributed by atoms with Crippen LogP contribution in [-0.4, -0.2) is 48.4 Å². The van der Waals surface area contributed by atoms with E-state index in [1.807, 2.05) is 24.8 Å². The highest BCUT2D eigenvalue weighted by Gasteiger charge is 2.25. The Labute approximate surface area is 227 Å². The Morgan fingerprint density at radius 2 is 1.95 bits per heavy atom. The number of aryl methyl sites for hydroxylation is 1. The number of hydrogen-bond acceptors (Lipinski definition) is 6. The number of anilines is 2. The van der Waals surface area contributed by atoms with Gasteiger partial charge in [-0.25, -0.2) is 13.8 Å². The van der Waals surface area contributed by atoms with E-state index in [2.05, 4.69) is 33.2 Å². The molecule has 1 atom stereocenters. The largest absolute Gasteiger partial charge is 0.457 e. The first-order valence-electron chi connectivity index (χ1n) is 13.2. The van der Waals surface area contributed by atoms with Gasteiger partial charge in [-0.1, -0.05) is 19.9 Å². The molecular formula is C30H32F2N6O. The number of hydrogen-bond donors (Lipinski definition) is 2. The van der Waals surface area contributed by atoms with Crippen LogP contribution in [0.15, 0.2) is 65.0 Å². The van der Waals surface area contributed by atoms with E-state index in [4.69, 9.17) is 4.74 Å². The zero-order chi connectivity index (χ0) is 27.5. The number of ether oxygens (including phenoxy) is 1. The molecule has 5 rings (SSSR count). The lowest BCUT2D eigenvalue weighted by Gasteiger charge is -2.35. The number of aromatic nitrogens is 1. The molecule has 0 radical (unpaired) electrons. The van der Waals surface area contributed by atoms with Crippen LogP contribution >= 0.6 is 0 Å². The molecule has 2 aliphatic heterocycles. The molecule has 3 aromatic rings. The zero-order valence-electron chi connectivity index (χ0n) is 22.4. The molecular weight excluding hydrogens is 498 g/mol. The lowest BCUT2D eigenvalue weighted by atomic mass is 9.99. The van der Waals surface area contributed by atoms with Crippen LogP contribution in [0.1, 0.15) is 26.0 Å². The first-order valence-corrected chi connectivity index (χ1v) is 13.2. The number of benzene rings is 2. The number of nitrogens with zero attached hydrogens (tertiary/aromatic N) is 4. The van der Waals surface area contributed by atoms with Crippen LogP contribution in [0.5, 0.6) is 5.75 Å². The van der Waals surface area contributed by atoms with Gasteiger partial charge in [0, 0.05) is 60.6 Å². The highest BCUT2D eigenvalue weighted by molar-refractivity contribution is 6.11. The number of allylic oxidation sites excluding steroid dienone is 2. The number of piperazine rings is 1. The third-order valence-electron chi connectivity index (χ3n) is 7.27. The summed E-state index contributed by atoms with van der Waals surface area (Å²) in [4.78, 5) is 11.9. The highest BCUT2D eigenvalue weighted by Crippen LogP contribution is 2.32. The Morgan fingerprint density at radius 3 is 2.67 bits per heavy atom. The first kappa shape index (κ1) is 26.4. The number of H-pyrrole nitrogens is 1. The third kappa shape index (κ3) is 5.52. The topological polar surface area (TPSA) is 79.7 Å². The fraction of sp³-hybridized carbons (Fsp3) is 0.333. The van der Waals surface area contributed by atoms with E-state index in [1.54, 1.807) is 36.5 Å². The molecule has 3 heterocycles. The van der Waals surface area contributed by atoms with E-state index >= 15 is 8.78 Å². The van der Waals surface area contributed by atoms with Crippen molar-refractivity contribution in [1.82, 2.24) is 9.88 Å². The quantitative estimate of drug-likeness (QED) is 0.416. The Balaban J connectivity index is 1.43. The van der Waals surface area contributed by atoms with Crippen LogP contribution in [0.25, 0.3) is 10.9 Å². The second kappa shape index (κ2) is 11.3. The third-order valence-corrected chi connectivity index (χ3v) is 7.27. The SMILES string of the molecule is CCN1CCN(c2ccc(NC3=N/C=C/CC(C)C(Oc4ccc5[nH]c(C)cc5c4F)=C3C#N)cc2F)CC1. The number of aromatic amines is 1. The number of nitriles is 1. The second-order valence-corrected chi connectivity index (χ2v) is 9.96. The van der Waals surface area contributed by atoms with Gasteiger partial charge < -0.3 is 24.8 Å². The number of amidine groups is 1. The standard InChI is InChI=1S/C30H32F2N6O/c1-4-37-12-14-38(15-13-37)26-9-7-21(17-24(26)31)36-30-23(18-33)29(19(2)6-5-11-34-30)39-27-10-8-25-22(28(27)32)16-20(3)35-25/h5,7-11,16-17,19,35H,4,6,12-15H2,1-3H3,(H,34,36)/b11-5+,29-23?. The molecule has 7 nitrogen and oxygen atoms in total. The fourth-order valence-electron chi connectivity index (χ4n) is 5.05. The molecule has 0 amide bonds. The lowest BCUT2D eigenvalue weighted by molar-refractivity contribution is 0.270. The number of nitrogens with one attached hydrogen (secondary N) is 2. The summed E-state index contributed by atoms with van der Waals surface area (Å²) < 4.78 is 36.6. The Hall–Kier alpha value is -4.16. The van der Waals surface area contributed by atoms with E-state index in [0.717, 1.165) is 38.4 Å². The molecule has 202 valence electrons. The van der Waals surface area contributed by atoms with Gasteiger partial charge in [0.1, 0.15) is 23.2 Å². The maximum atomic E-state index is 15.3. The lowest BCUT2D eigenvalue weighted by Crippen LogP contribution is -2.46. The molecule has 1 aromatic heterocycles. The van der Waals surface area contributed by atoms with Crippen molar-refractivity contribution in [2.75, 3.05) is 42.9 Å². The summed E-state index contributed by atoms with van der Waals surface area (Å²) in [5.41, 5.74) is 2.64. The Morgan fingerprint density at radius 1 is 1.15 bits per heavy atom. The molecule has 0 saturated carbocycles. The number of fused-ring (bicyclic) bond motifs is 1. The first-order chi connectivity index (χ1) is 18.9. The summed E-state index contributed by atoms with van der Waals surface area (Å²) in [6.07, 6.45) is 4.03. The van der Waals surface area contributed by atoms with Crippen molar-refractivity contribution in [3.8, 4) is 11.8 Å². The van der Waals surface area contributed by atoms with Gasteiger partial charge in [-0.3, -0.25) is 0 Å². The number of halogens is 2. The molecule has 1 unspecified atom stereocenters. The summed E-state index contributed by atoms with van der Waals surface area (Å²) in [6.45, 7) is 10.2. The van der Waals surface area contributed by atoms with E-state index in [-0.39, 0.29) is 28.9 Å². The number of likely N-dealkylation sites (N-methyl/N-ethyl adjacent to an activating group) is 1. The minimum atomic E-state index is -0.504. The summed E-state index contributed by atoms with van der Waals surface area (Å²) >= 11 is 0. The van der Waals surface area contributed by atoms with E-state index in [1.165, 1.54) is 6.07 Å². The predicted molar refractivity (Wildman–Crippen MR) is 151 cm³/mol. The van der Waals surface area contributed by atoms with Crippen LogP contribution in [-0.2, 0) is 0 Å². The summed E-state index contributed by atoms with van der Waals surface area (Å²) in [5.74, 6) is -0.556. The van der Waals surface area contributed by atoms with Gasteiger partial charge in [-0.15, -0.1) is 0 Å². The smallest absolute Gasteiger partial charge is 0.175 e. The molecule has 1 fully saturated rings.